The van der Waals surface area contributed by atoms with Gasteiger partial charge >= 0.3 is 0 Å². The third-order valence-corrected chi connectivity index (χ3v) is 10.1. The van der Waals surface area contributed by atoms with Crippen LogP contribution in [0.4, 0.5) is 0 Å². The molecule has 7 atom stereocenters. The molecule has 0 saturated heterocycles. The molecule has 13 N–H and O–H groups in total. The summed E-state index contributed by atoms with van der Waals surface area (Å²) < 4.78 is 0. The molecule has 1 aromatic heterocycles. The Labute approximate surface area is 361 Å². The van der Waals surface area contributed by atoms with Crippen LogP contribution in [0.15, 0.2) is 60.8 Å². The molecular weight excluding hydrogens is 799 g/mol. The molecule has 0 radical (unpaired) electrons. The van der Waals surface area contributed by atoms with Gasteiger partial charge in [-0.05, 0) is 63.8 Å². The Balaban J connectivity index is 1.71. The first-order chi connectivity index (χ1) is 29.5. The van der Waals surface area contributed by atoms with E-state index in [4.69, 9.17) is 11.5 Å². The summed E-state index contributed by atoms with van der Waals surface area (Å²) in [5, 5.41) is 22.2. The number of rotatable bonds is 26. The molecule has 0 aliphatic heterocycles. The molecule has 8 amide bonds. The first-order valence-electron chi connectivity index (χ1n) is 20.9. The van der Waals surface area contributed by atoms with Crippen molar-refractivity contribution in [2.75, 3.05) is 13.2 Å². The van der Waals surface area contributed by atoms with E-state index in [0.717, 1.165) is 22.9 Å². The van der Waals surface area contributed by atoms with Crippen molar-refractivity contribution >= 4 is 58.2 Å². The van der Waals surface area contributed by atoms with Gasteiger partial charge in [0, 0.05) is 43.5 Å². The van der Waals surface area contributed by atoms with Gasteiger partial charge in [0.15, 0.2) is 0 Å². The fourth-order valence-corrected chi connectivity index (χ4v) is 6.56. The monoisotopic (exact) mass is 861 g/mol. The molecule has 2 aromatic carbocycles. The van der Waals surface area contributed by atoms with Crippen molar-refractivity contribution in [2.24, 2.45) is 11.5 Å². The molecule has 3 aromatic rings. The lowest BCUT2D eigenvalue weighted by atomic mass is 10.0. The summed E-state index contributed by atoms with van der Waals surface area (Å²) in [7, 11) is 0. The first kappa shape index (κ1) is 50.0. The number of hydrogen-bond donors (Lipinski definition) is 11. The predicted molar refractivity (Wildman–Crippen MR) is 233 cm³/mol. The minimum Gasteiger partial charge on any atom is -0.368 e. The van der Waals surface area contributed by atoms with Gasteiger partial charge in [-0.2, -0.15) is 0 Å². The van der Waals surface area contributed by atoms with Gasteiger partial charge in [0.05, 0.1) is 0 Å². The molecule has 19 heteroatoms. The second-order valence-corrected chi connectivity index (χ2v) is 15.3. The highest BCUT2D eigenvalue weighted by atomic mass is 16.2. The Hall–Kier alpha value is -6.34. The Morgan fingerprint density at radius 3 is 1.68 bits per heavy atom. The average molecular weight is 862 g/mol. The quantitative estimate of drug-likeness (QED) is 0.0360. The van der Waals surface area contributed by atoms with Crippen LogP contribution in [0.25, 0.3) is 10.9 Å². The third-order valence-electron chi connectivity index (χ3n) is 10.1. The lowest BCUT2D eigenvalue weighted by Crippen LogP contribution is -2.59. The highest BCUT2D eigenvalue weighted by molar-refractivity contribution is 5.97. The summed E-state index contributed by atoms with van der Waals surface area (Å²) in [6, 6.07) is 8.59. The zero-order valence-electron chi connectivity index (χ0n) is 36.1. The number of hydrogen-bond acceptors (Lipinski definition) is 10. The van der Waals surface area contributed by atoms with Crippen LogP contribution in [-0.2, 0) is 51.2 Å². The first-order valence-corrected chi connectivity index (χ1v) is 20.9. The Morgan fingerprint density at radius 2 is 1.10 bits per heavy atom. The van der Waals surface area contributed by atoms with Crippen molar-refractivity contribution in [1.29, 1.82) is 0 Å². The Kier molecular flexibility index (Phi) is 20.5. The number of carbonyl (C=O) groups excluding carboxylic acids is 8. The number of unbranched alkanes of at least 4 members (excludes halogenated alkanes) is 1. The number of aromatic nitrogens is 1. The van der Waals surface area contributed by atoms with Crippen LogP contribution in [0.3, 0.4) is 0 Å². The maximum absolute atomic E-state index is 14.0. The topological polar surface area (TPSA) is 301 Å². The maximum atomic E-state index is 14.0. The van der Waals surface area contributed by atoms with Crippen LogP contribution in [0.5, 0.6) is 0 Å². The fraction of sp³-hybridized carbons (Fsp3) is 0.488. The summed E-state index contributed by atoms with van der Waals surface area (Å²) in [5.74, 6) is -5.19. The molecular formula is C43H63N11O8. The van der Waals surface area contributed by atoms with Crippen molar-refractivity contribution in [3.8, 4) is 0 Å². The molecule has 3 rings (SSSR count). The van der Waals surface area contributed by atoms with Crippen molar-refractivity contribution < 1.29 is 38.4 Å². The second kappa shape index (κ2) is 25.4. The van der Waals surface area contributed by atoms with Gasteiger partial charge in [0.2, 0.25) is 47.3 Å². The number of H-pyrrole nitrogens is 1. The van der Waals surface area contributed by atoms with Crippen LogP contribution in [0, 0.1) is 0 Å². The zero-order valence-corrected chi connectivity index (χ0v) is 36.1. The molecule has 1 heterocycles. The average Bonchev–Trinajstić information content (AvgIpc) is 3.65. The van der Waals surface area contributed by atoms with Crippen LogP contribution in [0.1, 0.15) is 77.8 Å². The van der Waals surface area contributed by atoms with Crippen LogP contribution in [-0.4, -0.2) is 108 Å². The van der Waals surface area contributed by atoms with Gasteiger partial charge in [0.25, 0.3) is 0 Å². The molecule has 0 aliphatic carbocycles. The second-order valence-electron chi connectivity index (χ2n) is 15.3. The fourth-order valence-electron chi connectivity index (χ4n) is 6.56. The number of fused-ring (bicyclic) bond motifs is 1. The van der Waals surface area contributed by atoms with E-state index in [0.29, 0.717) is 31.4 Å². The molecule has 0 fully saturated rings. The van der Waals surface area contributed by atoms with E-state index < -0.39 is 83.6 Å². The van der Waals surface area contributed by atoms with Gasteiger partial charge in [0.1, 0.15) is 42.3 Å². The Bertz CT molecular complexity index is 1990. The molecule has 19 nitrogen and oxygen atoms in total. The number of aromatic amines is 1. The van der Waals surface area contributed by atoms with Gasteiger partial charge < -0.3 is 59.0 Å². The number of nitrogens with one attached hydrogen (secondary N) is 9. The number of benzene rings is 2. The summed E-state index contributed by atoms with van der Waals surface area (Å²) in [6.45, 7) is 8.11. The molecule has 0 aliphatic rings. The highest BCUT2D eigenvalue weighted by Crippen LogP contribution is 2.19. The predicted octanol–water partition coefficient (Wildman–Crippen LogP) is -0.612. The normalized spacial score (nSPS) is 14.4. The van der Waals surface area contributed by atoms with Crippen molar-refractivity contribution in [3.63, 3.8) is 0 Å². The number of amides is 8. The van der Waals surface area contributed by atoms with Crippen molar-refractivity contribution in [3.05, 3.63) is 71.9 Å². The Morgan fingerprint density at radius 1 is 0.597 bits per heavy atom. The van der Waals surface area contributed by atoms with E-state index in [-0.39, 0.29) is 31.8 Å². The number of para-hydroxylation sites is 1. The number of nitrogens with two attached hydrogens (primary N) is 2. The van der Waals surface area contributed by atoms with Crippen LogP contribution in [0.2, 0.25) is 0 Å². The van der Waals surface area contributed by atoms with Crippen LogP contribution < -0.4 is 54.0 Å². The van der Waals surface area contributed by atoms with Gasteiger partial charge in [-0.25, -0.2) is 0 Å². The standard InChI is InChI=1S/C43H63N11O8/c1-6-7-17-33(51-28(5)55)41(60)49-25(2)38(57)48-26(3)40(59)54-36(21-29-14-9-8-10-15-29)43(62)52-34(19-13-20-46-24-44)42(61)50-27(4)39(58)53-35(37(45)56)22-30-23-47-32-18-12-11-16-31(30)32/h8-12,14-16,18,23,25-27,33-36,46-47H,6-7,13,17,19-22,24,44H2,1-5H3,(H2,45,56)(H,48,57)(H,49,60)(H,50,61)(H,51,55)(H,52,62)(H,53,58)(H,54,59)/t25-,26-,27-,33-,34-,35-,36+/m0/s1. The van der Waals surface area contributed by atoms with E-state index in [1.807, 2.05) is 31.2 Å². The minimum atomic E-state index is -1.22. The zero-order chi connectivity index (χ0) is 45.8. The van der Waals surface area contributed by atoms with E-state index in [9.17, 15) is 38.4 Å². The summed E-state index contributed by atoms with van der Waals surface area (Å²) >= 11 is 0. The maximum Gasteiger partial charge on any atom is 0.243 e. The number of carbonyl (C=O) groups is 8. The third kappa shape index (κ3) is 16.3. The SMILES string of the molecule is CCCC[C@H](NC(C)=O)C(=O)N[C@@H](C)C(=O)N[C@@H](C)C(=O)N[C@H](Cc1ccccc1)C(=O)N[C@@H](CCCNCN)C(=O)N[C@@H](C)C(=O)N[C@@H](Cc1c[nH]c2ccccc12)C(N)=O. The van der Waals surface area contributed by atoms with E-state index in [1.54, 1.807) is 36.5 Å². The highest BCUT2D eigenvalue weighted by Gasteiger charge is 2.32. The van der Waals surface area contributed by atoms with E-state index >= 15 is 0 Å². The van der Waals surface area contributed by atoms with Crippen molar-refractivity contribution in [1.82, 2.24) is 47.5 Å². The lowest BCUT2D eigenvalue weighted by molar-refractivity contribution is -0.135. The molecule has 0 spiro atoms. The lowest BCUT2D eigenvalue weighted by Gasteiger charge is -2.26. The van der Waals surface area contributed by atoms with Crippen LogP contribution >= 0.6 is 0 Å². The molecule has 62 heavy (non-hydrogen) atoms. The largest absolute Gasteiger partial charge is 0.368 e. The smallest absolute Gasteiger partial charge is 0.243 e. The molecule has 338 valence electrons. The summed E-state index contributed by atoms with van der Waals surface area (Å²) in [5.41, 5.74) is 13.5. The number of primary amides is 1. The van der Waals surface area contributed by atoms with Gasteiger partial charge in [-0.3, -0.25) is 38.4 Å². The molecule has 0 saturated carbocycles. The minimum absolute atomic E-state index is 0.0145. The van der Waals surface area contributed by atoms with Gasteiger partial charge in [-0.1, -0.05) is 68.3 Å². The van der Waals surface area contributed by atoms with E-state index in [2.05, 4.69) is 47.5 Å². The molecule has 0 bridgehead atoms. The van der Waals surface area contributed by atoms with Crippen molar-refractivity contribution in [2.45, 2.75) is 122 Å². The van der Waals surface area contributed by atoms with E-state index in [1.165, 1.54) is 27.7 Å². The summed E-state index contributed by atoms with van der Waals surface area (Å²) in [6.07, 6.45) is 4.21. The van der Waals surface area contributed by atoms with Gasteiger partial charge in [-0.15, -0.1) is 0 Å². The summed E-state index contributed by atoms with van der Waals surface area (Å²) in [4.78, 5) is 108. The molecule has 0 unspecified atom stereocenters.